The molecule has 6 heteroatoms. The highest BCUT2D eigenvalue weighted by Crippen LogP contribution is 2.14. The van der Waals surface area contributed by atoms with Gasteiger partial charge in [0.15, 0.2) is 6.10 Å². The molecule has 0 bridgehead atoms. The summed E-state index contributed by atoms with van der Waals surface area (Å²) in [7, 11) is 0. The monoisotopic (exact) mass is 927 g/mol. The number of allylic oxidation sites excluding steroid dienone is 20. The van der Waals surface area contributed by atoms with E-state index >= 15 is 0 Å². The molecule has 0 N–H and O–H groups in total. The minimum Gasteiger partial charge on any atom is -0.462 e. The molecule has 0 spiro atoms. The average Bonchev–Trinajstić information content (AvgIpc) is 3.33. The summed E-state index contributed by atoms with van der Waals surface area (Å²) in [5.74, 6) is -1.01. The SMILES string of the molecule is CC/C=C\C/C=C\C/C=C\C/C=C\C/C=C\C/C=C\CCC(=O)OC(COC(=O)CCCCCCCCCCC)COC(=O)CCCCCCCCCC/C=C\C/C=C\C/C=C\C/C=C\CC. The van der Waals surface area contributed by atoms with Crippen LogP contribution in [0.25, 0.3) is 0 Å². The van der Waals surface area contributed by atoms with Gasteiger partial charge in [0.2, 0.25) is 0 Å². The lowest BCUT2D eigenvalue weighted by Gasteiger charge is -2.18. The molecule has 1 atom stereocenters. The van der Waals surface area contributed by atoms with Crippen LogP contribution in [0.4, 0.5) is 0 Å². The fraction of sp³-hybridized carbons (Fsp3) is 0.623. The van der Waals surface area contributed by atoms with Crippen molar-refractivity contribution < 1.29 is 28.6 Å². The lowest BCUT2D eigenvalue weighted by atomic mass is 10.1. The Labute approximate surface area is 412 Å². The van der Waals surface area contributed by atoms with Gasteiger partial charge in [-0.15, -0.1) is 0 Å². The molecular weight excluding hydrogens is 829 g/mol. The fourth-order valence-corrected chi connectivity index (χ4v) is 6.99. The van der Waals surface area contributed by atoms with E-state index in [4.69, 9.17) is 14.2 Å². The van der Waals surface area contributed by atoms with Crippen LogP contribution in [0.5, 0.6) is 0 Å². The molecular formula is C61H98O6. The van der Waals surface area contributed by atoms with Crippen LogP contribution in [0.3, 0.4) is 0 Å². The number of carbonyl (C=O) groups is 3. The maximum absolute atomic E-state index is 12.8. The van der Waals surface area contributed by atoms with Crippen molar-refractivity contribution in [3.05, 3.63) is 122 Å². The van der Waals surface area contributed by atoms with Gasteiger partial charge in [0.1, 0.15) is 13.2 Å². The molecule has 0 aliphatic rings. The van der Waals surface area contributed by atoms with Crippen LogP contribution in [0.2, 0.25) is 0 Å². The average molecular weight is 927 g/mol. The highest BCUT2D eigenvalue weighted by Gasteiger charge is 2.19. The zero-order valence-electron chi connectivity index (χ0n) is 43.1. The van der Waals surface area contributed by atoms with Crippen LogP contribution in [-0.2, 0) is 28.6 Å². The van der Waals surface area contributed by atoms with Gasteiger partial charge in [0, 0.05) is 19.3 Å². The maximum Gasteiger partial charge on any atom is 0.306 e. The van der Waals surface area contributed by atoms with Crippen molar-refractivity contribution in [2.24, 2.45) is 0 Å². The van der Waals surface area contributed by atoms with Gasteiger partial charge >= 0.3 is 17.9 Å². The number of unbranched alkanes of at least 4 members (excludes halogenated alkanes) is 16. The molecule has 6 nitrogen and oxygen atoms in total. The summed E-state index contributed by atoms with van der Waals surface area (Å²) in [5.41, 5.74) is 0. The molecule has 0 aliphatic heterocycles. The van der Waals surface area contributed by atoms with Crippen molar-refractivity contribution in [1.82, 2.24) is 0 Å². The first-order valence-electron chi connectivity index (χ1n) is 27.0. The van der Waals surface area contributed by atoms with Crippen LogP contribution in [0.15, 0.2) is 122 Å². The van der Waals surface area contributed by atoms with E-state index in [-0.39, 0.29) is 31.6 Å². The van der Waals surface area contributed by atoms with Gasteiger partial charge in [-0.1, -0.05) is 232 Å². The molecule has 0 heterocycles. The van der Waals surface area contributed by atoms with Crippen LogP contribution < -0.4 is 0 Å². The number of hydrogen-bond acceptors (Lipinski definition) is 6. The summed E-state index contributed by atoms with van der Waals surface area (Å²) >= 11 is 0. The molecule has 0 amide bonds. The third-order valence-electron chi connectivity index (χ3n) is 11.0. The summed E-state index contributed by atoms with van der Waals surface area (Å²) in [6.07, 6.45) is 74.9. The van der Waals surface area contributed by atoms with E-state index < -0.39 is 12.1 Å². The van der Waals surface area contributed by atoms with Crippen molar-refractivity contribution in [2.75, 3.05) is 13.2 Å². The third-order valence-corrected chi connectivity index (χ3v) is 11.0. The van der Waals surface area contributed by atoms with Gasteiger partial charge in [0.05, 0.1) is 0 Å². The first-order valence-corrected chi connectivity index (χ1v) is 27.0. The summed E-state index contributed by atoms with van der Waals surface area (Å²) in [5, 5.41) is 0. The van der Waals surface area contributed by atoms with Gasteiger partial charge in [-0.3, -0.25) is 14.4 Å². The lowest BCUT2D eigenvalue weighted by Crippen LogP contribution is -2.30. The van der Waals surface area contributed by atoms with E-state index in [1.165, 1.54) is 70.6 Å². The minimum absolute atomic E-state index is 0.112. The van der Waals surface area contributed by atoms with E-state index in [0.717, 1.165) is 109 Å². The Hall–Kier alpha value is -4.19. The van der Waals surface area contributed by atoms with Crippen molar-refractivity contribution >= 4 is 17.9 Å². The summed E-state index contributed by atoms with van der Waals surface area (Å²) in [6, 6.07) is 0. The molecule has 0 aromatic rings. The predicted molar refractivity (Wildman–Crippen MR) is 288 cm³/mol. The Morgan fingerprint density at radius 3 is 0.970 bits per heavy atom. The Morgan fingerprint density at radius 2 is 0.612 bits per heavy atom. The van der Waals surface area contributed by atoms with E-state index in [1.807, 2.05) is 12.2 Å². The van der Waals surface area contributed by atoms with Crippen molar-refractivity contribution in [2.45, 2.75) is 232 Å². The largest absolute Gasteiger partial charge is 0.462 e. The molecule has 0 aromatic carbocycles. The fourth-order valence-electron chi connectivity index (χ4n) is 6.99. The highest BCUT2D eigenvalue weighted by atomic mass is 16.6. The quantitative estimate of drug-likeness (QED) is 0.0262. The van der Waals surface area contributed by atoms with Gasteiger partial charge in [-0.05, 0) is 96.3 Å². The van der Waals surface area contributed by atoms with Crippen molar-refractivity contribution in [3.63, 3.8) is 0 Å². The second-order valence-electron chi connectivity index (χ2n) is 17.4. The minimum atomic E-state index is -0.823. The lowest BCUT2D eigenvalue weighted by molar-refractivity contribution is -0.166. The number of carbonyl (C=O) groups excluding carboxylic acids is 3. The maximum atomic E-state index is 12.8. The molecule has 1 unspecified atom stereocenters. The molecule has 0 fully saturated rings. The zero-order valence-corrected chi connectivity index (χ0v) is 43.1. The molecule has 0 saturated carbocycles. The molecule has 0 rings (SSSR count). The number of rotatable bonds is 47. The molecule has 67 heavy (non-hydrogen) atoms. The van der Waals surface area contributed by atoms with Gasteiger partial charge in [0.25, 0.3) is 0 Å². The van der Waals surface area contributed by atoms with Crippen LogP contribution >= 0.6 is 0 Å². The van der Waals surface area contributed by atoms with Crippen molar-refractivity contribution in [1.29, 1.82) is 0 Å². The summed E-state index contributed by atoms with van der Waals surface area (Å²) < 4.78 is 16.7. The zero-order chi connectivity index (χ0) is 48.6. The standard InChI is InChI=1S/C61H98O6/c1-4-7-10-13-16-19-21-23-25-27-29-30-32-33-35-37-39-42-45-48-51-54-60(63)66-57-58(56-65-59(62)53-50-47-44-41-18-15-12-9-6-3)67-61(64)55-52-49-46-43-40-38-36-34-31-28-26-24-22-20-17-14-11-8-5-2/h7-8,10-11,16-17,19-20,23-26,29-31,34,38,40,46,49,58H,4-6,9,12-15,18,21-22,27-28,32-33,35-37,39,41-45,47-48,50-57H2,1-3H3/b10-7-,11-8-,19-16-,20-17-,25-23-,26-24-,30-29-,34-31-,40-38-,49-46-. The van der Waals surface area contributed by atoms with Gasteiger partial charge in [-0.2, -0.15) is 0 Å². The molecule has 378 valence electrons. The Bertz CT molecular complexity index is 1440. The second-order valence-corrected chi connectivity index (χ2v) is 17.4. The van der Waals surface area contributed by atoms with Crippen LogP contribution in [-0.4, -0.2) is 37.2 Å². The van der Waals surface area contributed by atoms with Crippen LogP contribution in [0, 0.1) is 0 Å². The van der Waals surface area contributed by atoms with E-state index in [1.54, 1.807) is 0 Å². The number of esters is 3. The van der Waals surface area contributed by atoms with Crippen LogP contribution in [0.1, 0.15) is 226 Å². The van der Waals surface area contributed by atoms with Gasteiger partial charge in [-0.25, -0.2) is 0 Å². The van der Waals surface area contributed by atoms with E-state index in [0.29, 0.717) is 19.3 Å². The topological polar surface area (TPSA) is 78.9 Å². The molecule has 0 radical (unpaired) electrons. The first-order chi connectivity index (χ1) is 33.0. The molecule has 0 aliphatic carbocycles. The second kappa shape index (κ2) is 54.4. The Morgan fingerprint density at radius 1 is 0.313 bits per heavy atom. The van der Waals surface area contributed by atoms with Gasteiger partial charge < -0.3 is 14.2 Å². The number of ether oxygens (including phenoxy) is 3. The Kier molecular flexibility index (Phi) is 51.0. The smallest absolute Gasteiger partial charge is 0.306 e. The molecule has 0 saturated heterocycles. The summed E-state index contributed by atoms with van der Waals surface area (Å²) in [4.78, 5) is 37.9. The van der Waals surface area contributed by atoms with E-state index in [2.05, 4.69) is 130 Å². The highest BCUT2D eigenvalue weighted by molar-refractivity contribution is 5.71. The van der Waals surface area contributed by atoms with Crippen molar-refractivity contribution in [3.8, 4) is 0 Å². The van der Waals surface area contributed by atoms with E-state index in [9.17, 15) is 14.4 Å². The molecule has 0 aromatic heterocycles. The first kappa shape index (κ1) is 62.8. The number of hydrogen-bond donors (Lipinski definition) is 0. The third kappa shape index (κ3) is 52.6. The predicted octanol–water partition coefficient (Wildman–Crippen LogP) is 18.1. The summed E-state index contributed by atoms with van der Waals surface area (Å²) in [6.45, 7) is 6.31. The normalized spacial score (nSPS) is 13.1. The Balaban J connectivity index is 4.44.